The lowest BCUT2D eigenvalue weighted by atomic mass is 9.89. The van der Waals surface area contributed by atoms with E-state index in [-0.39, 0.29) is 5.91 Å². The number of nitrogens with zero attached hydrogens (tertiary/aromatic N) is 2. The van der Waals surface area contributed by atoms with Gasteiger partial charge in [0, 0.05) is 6.54 Å². The van der Waals surface area contributed by atoms with Crippen LogP contribution in [0.2, 0.25) is 0 Å². The third-order valence-corrected chi connectivity index (χ3v) is 6.28. The Morgan fingerprint density at radius 1 is 0.828 bits per heavy atom. The Morgan fingerprint density at radius 3 is 2.38 bits per heavy atom. The molecule has 0 aliphatic carbocycles. The van der Waals surface area contributed by atoms with Crippen molar-refractivity contribution in [2.24, 2.45) is 0 Å². The van der Waals surface area contributed by atoms with Crippen LogP contribution in [0.3, 0.4) is 0 Å². The molecule has 0 spiro atoms. The average Bonchev–Trinajstić information content (AvgIpc) is 2.94. The van der Waals surface area contributed by atoms with Crippen LogP contribution in [-0.2, 0) is 0 Å². The molecule has 4 rings (SSSR count). The van der Waals surface area contributed by atoms with Crippen molar-refractivity contribution >= 4 is 5.91 Å². The zero-order chi connectivity index (χ0) is 19.9. The van der Waals surface area contributed by atoms with E-state index in [1.54, 1.807) is 0 Å². The van der Waals surface area contributed by atoms with E-state index < -0.39 is 0 Å². The van der Waals surface area contributed by atoms with Crippen molar-refractivity contribution in [3.05, 3.63) is 65.7 Å². The highest BCUT2D eigenvalue weighted by Crippen LogP contribution is 2.28. The molecule has 1 saturated heterocycles. The summed E-state index contributed by atoms with van der Waals surface area (Å²) in [5.74, 6) is 1.56. The number of amides is 1. The van der Waals surface area contributed by atoms with E-state index >= 15 is 0 Å². The maximum Gasteiger partial charge on any atom is 0.257 e. The summed E-state index contributed by atoms with van der Waals surface area (Å²) < 4.78 is 5.73. The largest absolute Gasteiger partial charge is 0.491 e. The van der Waals surface area contributed by atoms with Crippen molar-refractivity contribution in [1.29, 1.82) is 0 Å². The van der Waals surface area contributed by atoms with E-state index in [0.29, 0.717) is 18.7 Å². The van der Waals surface area contributed by atoms with Crippen molar-refractivity contribution in [2.45, 2.75) is 38.0 Å². The number of likely N-dealkylation sites (tertiary alicyclic amines) is 1. The van der Waals surface area contributed by atoms with Crippen molar-refractivity contribution in [2.75, 3.05) is 39.3 Å². The summed E-state index contributed by atoms with van der Waals surface area (Å²) in [5, 5.41) is 0. The SMILES string of the molecule is O=C1c2ccccc2OCCN1CCCCCN1CCC(c2ccccc2)CC1. The van der Waals surface area contributed by atoms with Gasteiger partial charge >= 0.3 is 0 Å². The van der Waals surface area contributed by atoms with Crippen LogP contribution in [0.5, 0.6) is 5.75 Å². The number of ether oxygens (including phenoxy) is 1. The van der Waals surface area contributed by atoms with E-state index in [4.69, 9.17) is 4.74 Å². The lowest BCUT2D eigenvalue weighted by Crippen LogP contribution is -2.34. The molecule has 2 aliphatic heterocycles. The summed E-state index contributed by atoms with van der Waals surface area (Å²) >= 11 is 0. The first-order valence-electron chi connectivity index (χ1n) is 11.1. The number of benzene rings is 2. The number of unbranched alkanes of at least 4 members (excludes halogenated alkanes) is 2. The first-order chi connectivity index (χ1) is 14.3. The number of rotatable bonds is 7. The number of hydrogen-bond acceptors (Lipinski definition) is 3. The second-order valence-electron chi connectivity index (χ2n) is 8.22. The standard InChI is InChI=1S/C25H32N2O2/c28-25-23-11-5-6-12-24(23)29-20-19-27(25)16-8-2-7-15-26-17-13-22(14-18-26)21-9-3-1-4-10-21/h1,3-6,9-12,22H,2,7-8,13-20H2. The lowest BCUT2D eigenvalue weighted by molar-refractivity contribution is 0.0752. The van der Waals surface area contributed by atoms with E-state index in [2.05, 4.69) is 35.2 Å². The van der Waals surface area contributed by atoms with Gasteiger partial charge in [0.05, 0.1) is 12.1 Å². The molecule has 4 nitrogen and oxygen atoms in total. The number of piperidine rings is 1. The molecule has 0 N–H and O–H groups in total. The molecule has 29 heavy (non-hydrogen) atoms. The van der Waals surface area contributed by atoms with E-state index in [9.17, 15) is 4.79 Å². The Morgan fingerprint density at radius 2 is 1.55 bits per heavy atom. The first-order valence-corrected chi connectivity index (χ1v) is 11.1. The van der Waals surface area contributed by atoms with Gasteiger partial charge in [-0.05, 0) is 68.9 Å². The predicted octanol–water partition coefficient (Wildman–Crippen LogP) is 4.57. The highest BCUT2D eigenvalue weighted by atomic mass is 16.5. The van der Waals surface area contributed by atoms with Gasteiger partial charge in [-0.15, -0.1) is 0 Å². The van der Waals surface area contributed by atoms with E-state index in [1.807, 2.05) is 29.2 Å². The maximum absolute atomic E-state index is 12.7. The van der Waals surface area contributed by atoms with Crippen LogP contribution in [0, 0.1) is 0 Å². The topological polar surface area (TPSA) is 32.8 Å². The summed E-state index contributed by atoms with van der Waals surface area (Å²) in [7, 11) is 0. The number of hydrogen-bond donors (Lipinski definition) is 0. The minimum Gasteiger partial charge on any atom is -0.491 e. The van der Waals surface area contributed by atoms with Crippen LogP contribution in [0.1, 0.15) is 53.9 Å². The first kappa shape index (κ1) is 20.0. The fourth-order valence-corrected chi connectivity index (χ4v) is 4.55. The molecule has 0 atom stereocenters. The number of fused-ring (bicyclic) bond motifs is 1. The van der Waals surface area contributed by atoms with E-state index in [1.165, 1.54) is 50.9 Å². The van der Waals surface area contributed by atoms with Gasteiger partial charge in [0.1, 0.15) is 12.4 Å². The third kappa shape index (κ3) is 5.18. The van der Waals surface area contributed by atoms with Gasteiger partial charge in [-0.3, -0.25) is 4.79 Å². The Labute approximate surface area is 174 Å². The fraction of sp³-hybridized carbons (Fsp3) is 0.480. The van der Waals surface area contributed by atoms with Crippen LogP contribution >= 0.6 is 0 Å². The van der Waals surface area contributed by atoms with Gasteiger partial charge in [0.15, 0.2) is 0 Å². The minimum atomic E-state index is 0.112. The van der Waals surface area contributed by atoms with Crippen LogP contribution in [-0.4, -0.2) is 55.0 Å². The second kappa shape index (κ2) is 9.93. The van der Waals surface area contributed by atoms with Crippen molar-refractivity contribution < 1.29 is 9.53 Å². The number of carbonyl (C=O) groups excluding carboxylic acids is 1. The van der Waals surface area contributed by atoms with Crippen LogP contribution in [0.15, 0.2) is 54.6 Å². The minimum absolute atomic E-state index is 0.112. The Bertz CT molecular complexity index is 784. The maximum atomic E-state index is 12.7. The van der Waals surface area contributed by atoms with Crippen LogP contribution in [0.4, 0.5) is 0 Å². The molecule has 1 fully saturated rings. The average molecular weight is 393 g/mol. The van der Waals surface area contributed by atoms with Gasteiger partial charge < -0.3 is 14.5 Å². The third-order valence-electron chi connectivity index (χ3n) is 6.28. The van der Waals surface area contributed by atoms with Gasteiger partial charge in [-0.1, -0.05) is 48.9 Å². The predicted molar refractivity (Wildman–Crippen MR) is 117 cm³/mol. The molecular weight excluding hydrogens is 360 g/mol. The Hall–Kier alpha value is -2.33. The number of carbonyl (C=O) groups is 1. The zero-order valence-electron chi connectivity index (χ0n) is 17.3. The summed E-state index contributed by atoms with van der Waals surface area (Å²) in [6, 6.07) is 18.5. The molecule has 2 aliphatic rings. The Balaban J connectivity index is 1.14. The summed E-state index contributed by atoms with van der Waals surface area (Å²) in [5.41, 5.74) is 2.20. The molecule has 0 radical (unpaired) electrons. The lowest BCUT2D eigenvalue weighted by Gasteiger charge is -2.32. The quantitative estimate of drug-likeness (QED) is 0.647. The van der Waals surface area contributed by atoms with Gasteiger partial charge in [0.2, 0.25) is 0 Å². The molecule has 2 heterocycles. The van der Waals surface area contributed by atoms with Crippen LogP contribution < -0.4 is 4.74 Å². The zero-order valence-corrected chi connectivity index (χ0v) is 17.3. The smallest absolute Gasteiger partial charge is 0.257 e. The highest BCUT2D eigenvalue weighted by molar-refractivity contribution is 5.97. The van der Waals surface area contributed by atoms with Gasteiger partial charge in [-0.2, -0.15) is 0 Å². The van der Waals surface area contributed by atoms with E-state index in [0.717, 1.165) is 24.6 Å². The van der Waals surface area contributed by atoms with Crippen molar-refractivity contribution in [3.8, 4) is 5.75 Å². The molecule has 2 aromatic rings. The van der Waals surface area contributed by atoms with Crippen LogP contribution in [0.25, 0.3) is 0 Å². The van der Waals surface area contributed by atoms with Gasteiger partial charge in [0.25, 0.3) is 5.91 Å². The molecule has 1 amide bonds. The normalized spacial score (nSPS) is 18.2. The molecule has 2 aromatic carbocycles. The molecular formula is C25H32N2O2. The number of para-hydroxylation sites is 1. The second-order valence-corrected chi connectivity index (χ2v) is 8.22. The van der Waals surface area contributed by atoms with Crippen molar-refractivity contribution in [1.82, 2.24) is 9.80 Å². The summed E-state index contributed by atoms with van der Waals surface area (Å²) in [6.45, 7) is 5.68. The monoisotopic (exact) mass is 392 g/mol. The highest BCUT2D eigenvalue weighted by Gasteiger charge is 2.23. The van der Waals surface area contributed by atoms with Gasteiger partial charge in [-0.25, -0.2) is 0 Å². The fourth-order valence-electron chi connectivity index (χ4n) is 4.55. The molecule has 0 unspecified atom stereocenters. The molecule has 0 bridgehead atoms. The molecule has 0 aromatic heterocycles. The summed E-state index contributed by atoms with van der Waals surface area (Å²) in [6.07, 6.45) is 5.99. The Kier molecular flexibility index (Phi) is 6.83. The summed E-state index contributed by atoms with van der Waals surface area (Å²) in [4.78, 5) is 17.3. The molecule has 4 heteroatoms. The van der Waals surface area contributed by atoms with Crippen molar-refractivity contribution in [3.63, 3.8) is 0 Å². The molecule has 154 valence electrons. The molecule has 0 saturated carbocycles.